The maximum atomic E-state index is 8.71. The summed E-state index contributed by atoms with van der Waals surface area (Å²) in [5, 5.41) is 15.3. The summed E-state index contributed by atoms with van der Waals surface area (Å²) >= 11 is 0. The third-order valence-electron chi connectivity index (χ3n) is 2.00. The zero-order valence-electron chi connectivity index (χ0n) is 8.43. The number of nitrogens with one attached hydrogen (secondary N) is 2. The molecule has 0 amide bonds. The molecule has 2 unspecified atom stereocenters. The lowest BCUT2D eigenvalue weighted by Gasteiger charge is -2.13. The van der Waals surface area contributed by atoms with E-state index in [1.807, 2.05) is 6.92 Å². The highest BCUT2D eigenvalue weighted by Crippen LogP contribution is 1.85. The van der Waals surface area contributed by atoms with Crippen LogP contribution in [0, 0.1) is 0 Å². The highest BCUT2D eigenvalue weighted by atomic mass is 16.3. The van der Waals surface area contributed by atoms with Gasteiger partial charge < -0.3 is 15.7 Å². The van der Waals surface area contributed by atoms with Crippen molar-refractivity contribution >= 4 is 0 Å². The molecular weight excluding hydrogens is 152 g/mol. The fourth-order valence-corrected chi connectivity index (χ4v) is 0.846. The minimum atomic E-state index is 0.212. The van der Waals surface area contributed by atoms with Crippen molar-refractivity contribution < 1.29 is 5.11 Å². The van der Waals surface area contributed by atoms with Crippen molar-refractivity contribution in [3.63, 3.8) is 0 Å². The van der Waals surface area contributed by atoms with Crippen molar-refractivity contribution in [1.29, 1.82) is 0 Å². The van der Waals surface area contributed by atoms with Crippen LogP contribution < -0.4 is 10.6 Å². The number of aliphatic hydroxyl groups is 1. The van der Waals surface area contributed by atoms with Crippen molar-refractivity contribution in [2.24, 2.45) is 0 Å². The van der Waals surface area contributed by atoms with Gasteiger partial charge in [0.15, 0.2) is 0 Å². The minimum Gasteiger partial charge on any atom is -0.395 e. The first-order chi connectivity index (χ1) is 5.70. The van der Waals surface area contributed by atoms with Gasteiger partial charge in [-0.25, -0.2) is 0 Å². The summed E-state index contributed by atoms with van der Waals surface area (Å²) in [5.74, 6) is 0. The maximum absolute atomic E-state index is 8.71. The summed E-state index contributed by atoms with van der Waals surface area (Å²) < 4.78 is 0. The van der Waals surface area contributed by atoms with Gasteiger partial charge in [0.2, 0.25) is 0 Å². The molecule has 3 N–H and O–H groups in total. The lowest BCUT2D eigenvalue weighted by Crippen LogP contribution is -2.37. The zero-order chi connectivity index (χ0) is 9.40. The van der Waals surface area contributed by atoms with Crippen molar-refractivity contribution in [2.45, 2.75) is 39.3 Å². The van der Waals surface area contributed by atoms with Gasteiger partial charge in [0.1, 0.15) is 0 Å². The van der Waals surface area contributed by atoms with E-state index in [2.05, 4.69) is 24.5 Å². The number of aliphatic hydroxyl groups excluding tert-OH is 1. The SMILES string of the molecule is CCC(C)NCCNC(C)CO. The molecule has 0 rings (SSSR count). The van der Waals surface area contributed by atoms with E-state index in [-0.39, 0.29) is 12.6 Å². The van der Waals surface area contributed by atoms with Crippen LogP contribution in [0.1, 0.15) is 27.2 Å². The second kappa shape index (κ2) is 7.53. The summed E-state index contributed by atoms with van der Waals surface area (Å²) in [4.78, 5) is 0. The lowest BCUT2D eigenvalue weighted by molar-refractivity contribution is 0.251. The van der Waals surface area contributed by atoms with Crippen LogP contribution in [0.5, 0.6) is 0 Å². The van der Waals surface area contributed by atoms with Gasteiger partial charge in [0.25, 0.3) is 0 Å². The Balaban J connectivity index is 3.10. The molecule has 12 heavy (non-hydrogen) atoms. The Labute approximate surface area is 75.6 Å². The minimum absolute atomic E-state index is 0.212. The normalized spacial score (nSPS) is 16.0. The summed E-state index contributed by atoms with van der Waals surface area (Å²) in [6.45, 7) is 8.43. The molecule has 0 saturated carbocycles. The smallest absolute Gasteiger partial charge is 0.0581 e. The molecule has 0 aliphatic rings. The standard InChI is InChI=1S/C9H22N2O/c1-4-8(2)10-5-6-11-9(3)7-12/h8-12H,4-7H2,1-3H3. The van der Waals surface area contributed by atoms with E-state index in [9.17, 15) is 0 Å². The predicted molar refractivity (Wildman–Crippen MR) is 52.3 cm³/mol. The molecule has 2 atom stereocenters. The molecule has 0 fully saturated rings. The van der Waals surface area contributed by atoms with Crippen LogP contribution in [0.25, 0.3) is 0 Å². The molecule has 0 saturated heterocycles. The summed E-state index contributed by atoms with van der Waals surface area (Å²) in [6.07, 6.45) is 1.16. The van der Waals surface area contributed by atoms with Gasteiger partial charge >= 0.3 is 0 Å². The Morgan fingerprint density at radius 1 is 1.08 bits per heavy atom. The van der Waals surface area contributed by atoms with E-state index in [0.717, 1.165) is 19.5 Å². The Morgan fingerprint density at radius 2 is 1.58 bits per heavy atom. The Hall–Kier alpha value is -0.120. The van der Waals surface area contributed by atoms with Crippen LogP contribution in [-0.4, -0.2) is 36.9 Å². The highest BCUT2D eigenvalue weighted by Gasteiger charge is 1.98. The molecule has 0 aromatic rings. The zero-order valence-corrected chi connectivity index (χ0v) is 8.43. The largest absolute Gasteiger partial charge is 0.395 e. The van der Waals surface area contributed by atoms with Crippen LogP contribution in [0.2, 0.25) is 0 Å². The third kappa shape index (κ3) is 6.58. The van der Waals surface area contributed by atoms with Crippen LogP contribution >= 0.6 is 0 Å². The van der Waals surface area contributed by atoms with E-state index >= 15 is 0 Å². The first-order valence-corrected chi connectivity index (χ1v) is 4.78. The van der Waals surface area contributed by atoms with Crippen molar-refractivity contribution in [1.82, 2.24) is 10.6 Å². The van der Waals surface area contributed by atoms with E-state index < -0.39 is 0 Å². The van der Waals surface area contributed by atoms with Crippen molar-refractivity contribution in [3.05, 3.63) is 0 Å². The molecule has 0 bridgehead atoms. The summed E-state index contributed by atoms with van der Waals surface area (Å²) in [5.41, 5.74) is 0. The lowest BCUT2D eigenvalue weighted by atomic mass is 10.2. The molecule has 0 aromatic carbocycles. The van der Waals surface area contributed by atoms with Crippen LogP contribution in [0.4, 0.5) is 0 Å². The van der Waals surface area contributed by atoms with Gasteiger partial charge in [-0.2, -0.15) is 0 Å². The van der Waals surface area contributed by atoms with E-state index in [1.54, 1.807) is 0 Å². The van der Waals surface area contributed by atoms with Gasteiger partial charge in [-0.15, -0.1) is 0 Å². The Bertz CT molecular complexity index is 86.5. The van der Waals surface area contributed by atoms with Gasteiger partial charge in [-0.1, -0.05) is 6.92 Å². The first kappa shape index (κ1) is 11.9. The maximum Gasteiger partial charge on any atom is 0.0581 e. The second-order valence-electron chi connectivity index (χ2n) is 3.30. The molecule has 0 aliphatic carbocycles. The van der Waals surface area contributed by atoms with Crippen LogP contribution in [0.3, 0.4) is 0 Å². The van der Waals surface area contributed by atoms with E-state index in [4.69, 9.17) is 5.11 Å². The quantitative estimate of drug-likeness (QED) is 0.488. The number of hydrogen-bond donors (Lipinski definition) is 3. The topological polar surface area (TPSA) is 44.3 Å². The first-order valence-electron chi connectivity index (χ1n) is 4.78. The molecule has 3 nitrogen and oxygen atoms in total. The third-order valence-corrected chi connectivity index (χ3v) is 2.00. The predicted octanol–water partition coefficient (Wildman–Crippen LogP) is 0.345. The number of rotatable bonds is 7. The fourth-order valence-electron chi connectivity index (χ4n) is 0.846. The Kier molecular flexibility index (Phi) is 7.45. The van der Waals surface area contributed by atoms with Gasteiger partial charge in [0, 0.05) is 25.2 Å². The van der Waals surface area contributed by atoms with Crippen LogP contribution in [-0.2, 0) is 0 Å². The molecule has 0 spiro atoms. The second-order valence-corrected chi connectivity index (χ2v) is 3.30. The average Bonchev–Trinajstić information content (AvgIpc) is 2.11. The summed E-state index contributed by atoms with van der Waals surface area (Å²) in [6, 6.07) is 0.806. The van der Waals surface area contributed by atoms with Gasteiger partial charge in [0.05, 0.1) is 6.61 Å². The van der Waals surface area contributed by atoms with Crippen molar-refractivity contribution in [2.75, 3.05) is 19.7 Å². The molecule has 3 heteroatoms. The fraction of sp³-hybridized carbons (Fsp3) is 1.00. The number of hydrogen-bond acceptors (Lipinski definition) is 3. The van der Waals surface area contributed by atoms with Crippen LogP contribution in [0.15, 0.2) is 0 Å². The van der Waals surface area contributed by atoms with Crippen molar-refractivity contribution in [3.8, 4) is 0 Å². The highest BCUT2D eigenvalue weighted by molar-refractivity contribution is 4.62. The van der Waals surface area contributed by atoms with Gasteiger partial charge in [-0.05, 0) is 20.3 Å². The molecule has 0 aromatic heterocycles. The molecule has 0 heterocycles. The van der Waals surface area contributed by atoms with E-state index in [0.29, 0.717) is 6.04 Å². The van der Waals surface area contributed by atoms with Gasteiger partial charge in [-0.3, -0.25) is 0 Å². The molecule has 0 radical (unpaired) electrons. The molecule has 0 aliphatic heterocycles. The average molecular weight is 174 g/mol. The summed E-state index contributed by atoms with van der Waals surface area (Å²) in [7, 11) is 0. The van der Waals surface area contributed by atoms with E-state index in [1.165, 1.54) is 0 Å². The Morgan fingerprint density at radius 3 is 2.00 bits per heavy atom. The molecule has 74 valence electrons. The monoisotopic (exact) mass is 174 g/mol. The molecular formula is C9H22N2O.